The van der Waals surface area contributed by atoms with Gasteiger partial charge in [0.15, 0.2) is 0 Å². The average Bonchev–Trinajstić information content (AvgIpc) is 3.10. The van der Waals surface area contributed by atoms with Crippen LogP contribution >= 0.6 is 0 Å². The summed E-state index contributed by atoms with van der Waals surface area (Å²) in [6.07, 6.45) is 5.20. The number of fused-ring (bicyclic) bond motifs is 1. The summed E-state index contributed by atoms with van der Waals surface area (Å²) in [7, 11) is 0. The summed E-state index contributed by atoms with van der Waals surface area (Å²) in [4.78, 5) is 2.64. The van der Waals surface area contributed by atoms with Crippen LogP contribution in [0.15, 0.2) is 10.6 Å². The summed E-state index contributed by atoms with van der Waals surface area (Å²) in [6.45, 7) is 10.9. The molecule has 21 heavy (non-hydrogen) atoms. The first kappa shape index (κ1) is 14.9. The molecule has 1 unspecified atom stereocenters. The minimum Gasteiger partial charge on any atom is -0.474 e. The van der Waals surface area contributed by atoms with Gasteiger partial charge in [-0.3, -0.25) is 4.90 Å². The minimum atomic E-state index is 0.378. The molecule has 0 saturated carbocycles. The second kappa shape index (κ2) is 5.64. The number of hydrogen-bond donors (Lipinski definition) is 0. The van der Waals surface area contributed by atoms with Crippen LogP contribution < -0.4 is 4.74 Å². The Bertz CT molecular complexity index is 485. The Balaban J connectivity index is 1.56. The van der Waals surface area contributed by atoms with Crippen LogP contribution in [0.2, 0.25) is 0 Å². The smallest absolute Gasteiger partial charge is 0.254 e. The van der Waals surface area contributed by atoms with Gasteiger partial charge in [-0.15, -0.1) is 0 Å². The number of aromatic nitrogens is 1. The van der Waals surface area contributed by atoms with Crippen molar-refractivity contribution < 1.29 is 9.26 Å². The molecule has 3 rings (SSSR count). The molecular weight excluding hydrogens is 264 g/mol. The Hall–Kier alpha value is -1.03. The zero-order chi connectivity index (χ0) is 15.0. The predicted octanol–water partition coefficient (Wildman–Crippen LogP) is 3.83. The van der Waals surface area contributed by atoms with Crippen LogP contribution in [0.3, 0.4) is 0 Å². The summed E-state index contributed by atoms with van der Waals surface area (Å²) < 4.78 is 11.3. The molecule has 2 saturated heterocycles. The fourth-order valence-corrected chi connectivity index (χ4v) is 3.81. The standard InChI is InChI=1S/C17H28N2O2/c1-12(2)13(3)15-10-16(18-21-15)20-11-14-6-8-17(4)7-5-9-19(14)17/h10,12-14H,5-9,11H2,1-4H3/t13?,14-,17-/m0/s1. The van der Waals surface area contributed by atoms with Gasteiger partial charge in [0.05, 0.1) is 0 Å². The number of rotatable bonds is 5. The summed E-state index contributed by atoms with van der Waals surface area (Å²) in [5.41, 5.74) is 0.426. The third-order valence-corrected chi connectivity index (χ3v) is 5.64. The Morgan fingerprint density at radius 2 is 2.24 bits per heavy atom. The van der Waals surface area contributed by atoms with Gasteiger partial charge in [0.25, 0.3) is 5.88 Å². The van der Waals surface area contributed by atoms with Crippen molar-refractivity contribution in [3.63, 3.8) is 0 Å². The molecule has 118 valence electrons. The third kappa shape index (κ3) is 2.83. The van der Waals surface area contributed by atoms with Crippen LogP contribution in [-0.2, 0) is 0 Å². The highest BCUT2D eigenvalue weighted by atomic mass is 16.5. The lowest BCUT2D eigenvalue weighted by atomic mass is 9.96. The molecule has 0 aliphatic carbocycles. The van der Waals surface area contributed by atoms with Crippen LogP contribution in [0.1, 0.15) is 65.1 Å². The van der Waals surface area contributed by atoms with Crippen LogP contribution in [0.5, 0.6) is 5.88 Å². The van der Waals surface area contributed by atoms with Gasteiger partial charge in [-0.25, -0.2) is 0 Å². The van der Waals surface area contributed by atoms with E-state index in [0.29, 0.717) is 29.3 Å². The summed E-state index contributed by atoms with van der Waals surface area (Å²) in [6, 6.07) is 2.50. The molecule has 0 spiro atoms. The van der Waals surface area contributed by atoms with Crippen molar-refractivity contribution in [3.8, 4) is 5.88 Å². The van der Waals surface area contributed by atoms with Crippen LogP contribution in [0.4, 0.5) is 0 Å². The minimum absolute atomic E-state index is 0.378. The molecule has 3 heterocycles. The molecule has 0 radical (unpaired) electrons. The van der Waals surface area contributed by atoms with Gasteiger partial charge in [0.2, 0.25) is 0 Å². The van der Waals surface area contributed by atoms with E-state index < -0.39 is 0 Å². The van der Waals surface area contributed by atoms with E-state index in [4.69, 9.17) is 9.26 Å². The van der Waals surface area contributed by atoms with E-state index in [2.05, 4.69) is 37.8 Å². The quantitative estimate of drug-likeness (QED) is 0.826. The van der Waals surface area contributed by atoms with Crippen molar-refractivity contribution in [2.45, 2.75) is 70.9 Å². The maximum Gasteiger partial charge on any atom is 0.254 e. The molecular formula is C17H28N2O2. The zero-order valence-corrected chi connectivity index (χ0v) is 13.8. The van der Waals surface area contributed by atoms with E-state index in [-0.39, 0.29) is 0 Å². The molecule has 0 N–H and O–H groups in total. The fraction of sp³-hybridized carbons (Fsp3) is 0.824. The topological polar surface area (TPSA) is 38.5 Å². The monoisotopic (exact) mass is 292 g/mol. The zero-order valence-electron chi connectivity index (χ0n) is 13.8. The lowest BCUT2D eigenvalue weighted by molar-refractivity contribution is 0.121. The van der Waals surface area contributed by atoms with Crippen LogP contribution in [0, 0.1) is 5.92 Å². The first-order valence-corrected chi connectivity index (χ1v) is 8.36. The van der Waals surface area contributed by atoms with E-state index in [1.807, 2.05) is 6.07 Å². The Labute approximate surface area is 127 Å². The highest BCUT2D eigenvalue weighted by molar-refractivity contribution is 5.15. The molecule has 0 bridgehead atoms. The van der Waals surface area contributed by atoms with Crippen LogP contribution in [-0.4, -0.2) is 34.8 Å². The molecule has 0 aromatic carbocycles. The van der Waals surface area contributed by atoms with Gasteiger partial charge in [-0.2, -0.15) is 0 Å². The van der Waals surface area contributed by atoms with E-state index in [9.17, 15) is 0 Å². The van der Waals surface area contributed by atoms with Crippen molar-refractivity contribution >= 4 is 0 Å². The molecule has 4 nitrogen and oxygen atoms in total. The van der Waals surface area contributed by atoms with Gasteiger partial charge < -0.3 is 9.26 Å². The second-order valence-corrected chi connectivity index (χ2v) is 7.40. The molecule has 2 fully saturated rings. The van der Waals surface area contributed by atoms with Crippen molar-refractivity contribution in [2.75, 3.05) is 13.2 Å². The van der Waals surface area contributed by atoms with E-state index >= 15 is 0 Å². The van der Waals surface area contributed by atoms with Crippen LogP contribution in [0.25, 0.3) is 0 Å². The lowest BCUT2D eigenvalue weighted by Gasteiger charge is -2.31. The van der Waals surface area contributed by atoms with Crippen molar-refractivity contribution in [1.29, 1.82) is 0 Å². The molecule has 2 aliphatic heterocycles. The van der Waals surface area contributed by atoms with E-state index in [1.54, 1.807) is 0 Å². The predicted molar refractivity (Wildman–Crippen MR) is 82.6 cm³/mol. The van der Waals surface area contributed by atoms with Crippen molar-refractivity contribution in [1.82, 2.24) is 10.1 Å². The molecule has 0 amide bonds. The van der Waals surface area contributed by atoms with Gasteiger partial charge >= 0.3 is 0 Å². The highest BCUT2D eigenvalue weighted by Crippen LogP contribution is 2.41. The van der Waals surface area contributed by atoms with Gasteiger partial charge in [0, 0.05) is 23.6 Å². The number of nitrogens with zero attached hydrogens (tertiary/aromatic N) is 2. The SMILES string of the molecule is CC(C)C(C)c1cc(OC[C@@H]2CC[C@]3(C)CCCN23)no1. The average molecular weight is 292 g/mol. The second-order valence-electron chi connectivity index (χ2n) is 7.40. The first-order chi connectivity index (χ1) is 9.99. The molecule has 1 aromatic rings. The molecule has 2 aliphatic rings. The largest absolute Gasteiger partial charge is 0.474 e. The first-order valence-electron chi connectivity index (χ1n) is 8.36. The maximum atomic E-state index is 5.91. The Kier molecular flexibility index (Phi) is 4.00. The Morgan fingerprint density at radius 1 is 1.43 bits per heavy atom. The lowest BCUT2D eigenvalue weighted by Crippen LogP contribution is -2.42. The molecule has 3 atom stereocenters. The molecule has 1 aromatic heterocycles. The summed E-state index contributed by atoms with van der Waals surface area (Å²) in [5.74, 6) is 2.50. The maximum absolute atomic E-state index is 5.91. The fourth-order valence-electron chi connectivity index (χ4n) is 3.81. The third-order valence-electron chi connectivity index (χ3n) is 5.64. The summed E-state index contributed by atoms with van der Waals surface area (Å²) in [5, 5.41) is 4.07. The Morgan fingerprint density at radius 3 is 3.00 bits per heavy atom. The van der Waals surface area contributed by atoms with Gasteiger partial charge in [-0.1, -0.05) is 20.8 Å². The van der Waals surface area contributed by atoms with E-state index in [0.717, 1.165) is 12.4 Å². The summed E-state index contributed by atoms with van der Waals surface area (Å²) >= 11 is 0. The number of hydrogen-bond acceptors (Lipinski definition) is 4. The van der Waals surface area contributed by atoms with E-state index in [1.165, 1.54) is 32.2 Å². The van der Waals surface area contributed by atoms with Gasteiger partial charge in [0.1, 0.15) is 12.4 Å². The number of ether oxygens (including phenoxy) is 1. The normalized spacial score (nSPS) is 30.8. The molecule has 4 heteroatoms. The van der Waals surface area contributed by atoms with Crippen molar-refractivity contribution in [3.05, 3.63) is 11.8 Å². The van der Waals surface area contributed by atoms with Gasteiger partial charge in [-0.05, 0) is 50.2 Å². The highest BCUT2D eigenvalue weighted by Gasteiger charge is 2.45. The van der Waals surface area contributed by atoms with Crippen molar-refractivity contribution in [2.24, 2.45) is 5.92 Å².